The van der Waals surface area contributed by atoms with E-state index in [1.807, 2.05) is 0 Å². The summed E-state index contributed by atoms with van der Waals surface area (Å²) in [6.45, 7) is 7.00. The molecule has 1 unspecified atom stereocenters. The van der Waals surface area contributed by atoms with Gasteiger partial charge in [0.05, 0.1) is 5.56 Å². The molecule has 0 spiro atoms. The van der Waals surface area contributed by atoms with E-state index in [2.05, 4.69) is 81.0 Å². The zero-order valence-electron chi connectivity index (χ0n) is 15.5. The lowest BCUT2D eigenvalue weighted by molar-refractivity contribution is -0.660. The molecular formula is C24H24N+. The van der Waals surface area contributed by atoms with Crippen LogP contribution in [-0.4, -0.2) is 0 Å². The third-order valence-electron chi connectivity index (χ3n) is 6.55. The zero-order chi connectivity index (χ0) is 17.3. The van der Waals surface area contributed by atoms with Gasteiger partial charge in [-0.25, -0.2) is 4.57 Å². The molecule has 1 nitrogen and oxygen atoms in total. The lowest BCUT2D eigenvalue weighted by atomic mass is 9.75. The summed E-state index contributed by atoms with van der Waals surface area (Å²) in [5.74, 6) is 0. The van der Waals surface area contributed by atoms with Crippen LogP contribution >= 0.6 is 0 Å². The maximum Gasteiger partial charge on any atom is 0.216 e. The van der Waals surface area contributed by atoms with Gasteiger partial charge in [-0.2, -0.15) is 0 Å². The van der Waals surface area contributed by atoms with E-state index >= 15 is 0 Å². The van der Waals surface area contributed by atoms with Crippen molar-refractivity contribution < 1.29 is 4.57 Å². The highest BCUT2D eigenvalue weighted by atomic mass is 14.9. The van der Waals surface area contributed by atoms with Crippen LogP contribution in [0.2, 0.25) is 0 Å². The van der Waals surface area contributed by atoms with Gasteiger partial charge in [-0.1, -0.05) is 43.3 Å². The number of hydrogen-bond donors (Lipinski definition) is 0. The number of pyridine rings is 1. The van der Waals surface area contributed by atoms with Crippen LogP contribution in [0.3, 0.4) is 0 Å². The van der Waals surface area contributed by atoms with E-state index in [1.165, 1.54) is 51.1 Å². The second-order valence-corrected chi connectivity index (χ2v) is 7.99. The van der Waals surface area contributed by atoms with Crippen LogP contribution in [0.4, 0.5) is 0 Å². The van der Waals surface area contributed by atoms with Gasteiger partial charge in [-0.15, -0.1) is 0 Å². The molecule has 2 aliphatic rings. The molecule has 1 atom stereocenters. The quantitative estimate of drug-likeness (QED) is 0.510. The average Bonchev–Trinajstić information content (AvgIpc) is 2.76. The van der Waals surface area contributed by atoms with Gasteiger partial charge in [0.15, 0.2) is 6.20 Å². The maximum atomic E-state index is 2.46. The van der Waals surface area contributed by atoms with Crippen LogP contribution < -0.4 is 4.57 Å². The lowest BCUT2D eigenvalue weighted by Crippen LogP contribution is -2.32. The van der Waals surface area contributed by atoms with Crippen molar-refractivity contribution >= 4 is 0 Å². The highest BCUT2D eigenvalue weighted by molar-refractivity contribution is 5.89. The number of aryl methyl sites for hydroxylation is 3. The number of rotatable bonds is 0. The van der Waals surface area contributed by atoms with Crippen molar-refractivity contribution in [3.05, 3.63) is 76.5 Å². The molecule has 2 aromatic carbocycles. The largest absolute Gasteiger partial charge is 0.216 e. The van der Waals surface area contributed by atoms with Gasteiger partial charge in [0.1, 0.15) is 7.05 Å². The molecule has 0 radical (unpaired) electrons. The van der Waals surface area contributed by atoms with E-state index in [0.29, 0.717) is 0 Å². The van der Waals surface area contributed by atoms with Crippen LogP contribution in [-0.2, 0) is 18.9 Å². The second-order valence-electron chi connectivity index (χ2n) is 7.99. The molecule has 1 heteroatoms. The number of benzene rings is 2. The van der Waals surface area contributed by atoms with Gasteiger partial charge < -0.3 is 0 Å². The Kier molecular flexibility index (Phi) is 2.87. The van der Waals surface area contributed by atoms with E-state index in [9.17, 15) is 0 Å². The third-order valence-corrected chi connectivity index (χ3v) is 6.55. The summed E-state index contributed by atoms with van der Waals surface area (Å²) in [5, 5.41) is 0. The molecule has 0 fully saturated rings. The molecular weight excluding hydrogens is 302 g/mol. The van der Waals surface area contributed by atoms with Gasteiger partial charge >= 0.3 is 0 Å². The van der Waals surface area contributed by atoms with Crippen molar-refractivity contribution in [3.63, 3.8) is 0 Å². The lowest BCUT2D eigenvalue weighted by Gasteiger charge is -2.27. The summed E-state index contributed by atoms with van der Waals surface area (Å²) in [6.07, 6.45) is 4.53. The highest BCUT2D eigenvalue weighted by Crippen LogP contribution is 2.56. The second kappa shape index (κ2) is 4.82. The van der Waals surface area contributed by atoms with E-state index in [0.717, 1.165) is 6.42 Å². The molecule has 0 amide bonds. The number of aromatic nitrogens is 1. The van der Waals surface area contributed by atoms with Crippen LogP contribution in [0.5, 0.6) is 0 Å². The van der Waals surface area contributed by atoms with Gasteiger partial charge in [-0.3, -0.25) is 0 Å². The minimum atomic E-state index is 0.103. The van der Waals surface area contributed by atoms with E-state index in [1.54, 1.807) is 5.56 Å². The Morgan fingerprint density at radius 2 is 1.72 bits per heavy atom. The van der Waals surface area contributed by atoms with Gasteiger partial charge in [-0.05, 0) is 60.1 Å². The fourth-order valence-corrected chi connectivity index (χ4v) is 5.22. The Bertz CT molecular complexity index is 1040. The molecule has 0 aliphatic heterocycles. The normalized spacial score (nSPS) is 19.8. The molecule has 124 valence electrons. The molecule has 2 aliphatic carbocycles. The van der Waals surface area contributed by atoms with Crippen molar-refractivity contribution in [2.75, 3.05) is 0 Å². The molecule has 1 heterocycles. The predicted molar refractivity (Wildman–Crippen MR) is 103 cm³/mol. The molecule has 3 aromatic rings. The number of hydrogen-bond acceptors (Lipinski definition) is 0. The minimum Gasteiger partial charge on any atom is -0.201 e. The summed E-state index contributed by atoms with van der Waals surface area (Å²) in [7, 11) is 2.20. The van der Waals surface area contributed by atoms with E-state index in [-0.39, 0.29) is 5.41 Å². The van der Waals surface area contributed by atoms with Crippen molar-refractivity contribution in [1.82, 2.24) is 0 Å². The summed E-state index contributed by atoms with van der Waals surface area (Å²) >= 11 is 0. The predicted octanol–water partition coefficient (Wildman–Crippen LogP) is 5.03. The zero-order valence-corrected chi connectivity index (χ0v) is 15.5. The smallest absolute Gasteiger partial charge is 0.201 e. The van der Waals surface area contributed by atoms with E-state index in [4.69, 9.17) is 0 Å². The minimum absolute atomic E-state index is 0.103. The van der Waals surface area contributed by atoms with Crippen LogP contribution in [0.25, 0.3) is 22.4 Å². The average molecular weight is 326 g/mol. The molecule has 25 heavy (non-hydrogen) atoms. The topological polar surface area (TPSA) is 3.88 Å². The van der Waals surface area contributed by atoms with Crippen molar-refractivity contribution in [1.29, 1.82) is 0 Å². The fraction of sp³-hybridized carbons (Fsp3) is 0.292. The van der Waals surface area contributed by atoms with Crippen molar-refractivity contribution in [2.45, 2.75) is 39.0 Å². The van der Waals surface area contributed by atoms with Crippen LogP contribution in [0, 0.1) is 13.8 Å². The first-order valence-corrected chi connectivity index (χ1v) is 9.25. The maximum absolute atomic E-state index is 2.46. The standard InChI is InChI=1S/C24H24N/c1-15-12-14-25(4)23-17(15)11-13-24(3)20-8-6-5-7-18(20)19-10-9-16(2)21(23)22(19)24/h5-10,12,14H,11,13H2,1-4H3/q+1. The molecule has 0 N–H and O–H groups in total. The fourth-order valence-electron chi connectivity index (χ4n) is 5.22. The third kappa shape index (κ3) is 1.76. The first kappa shape index (κ1) is 14.9. The van der Waals surface area contributed by atoms with Gasteiger partial charge in [0, 0.05) is 17.0 Å². The Morgan fingerprint density at radius 1 is 0.920 bits per heavy atom. The molecule has 0 bridgehead atoms. The Hall–Kier alpha value is -2.41. The van der Waals surface area contributed by atoms with Gasteiger partial charge in [0.2, 0.25) is 5.69 Å². The Balaban J connectivity index is 1.98. The summed E-state index contributed by atoms with van der Waals surface area (Å²) in [6, 6.07) is 15.9. The first-order valence-electron chi connectivity index (χ1n) is 9.25. The summed E-state index contributed by atoms with van der Waals surface area (Å²) in [4.78, 5) is 0. The summed E-state index contributed by atoms with van der Waals surface area (Å²) in [5.41, 5.74) is 13.2. The molecule has 0 saturated carbocycles. The Labute approximate surface area is 150 Å². The van der Waals surface area contributed by atoms with E-state index < -0.39 is 0 Å². The monoisotopic (exact) mass is 326 g/mol. The molecule has 5 rings (SSSR count). The summed E-state index contributed by atoms with van der Waals surface area (Å²) < 4.78 is 2.33. The Morgan fingerprint density at radius 3 is 2.56 bits per heavy atom. The number of nitrogens with zero attached hydrogens (tertiary/aromatic N) is 1. The van der Waals surface area contributed by atoms with Crippen LogP contribution in [0.15, 0.2) is 48.7 Å². The van der Waals surface area contributed by atoms with Gasteiger partial charge in [0.25, 0.3) is 0 Å². The molecule has 0 saturated heterocycles. The number of fused-ring (bicyclic) bond motifs is 5. The SMILES string of the molecule is Cc1cc[n+](C)c2c1CCC1(C)c3ccccc3-c3ccc(C)c-2c31. The highest BCUT2D eigenvalue weighted by Gasteiger charge is 2.45. The van der Waals surface area contributed by atoms with Crippen molar-refractivity contribution in [3.8, 4) is 22.4 Å². The van der Waals surface area contributed by atoms with Crippen molar-refractivity contribution in [2.24, 2.45) is 7.05 Å². The first-order chi connectivity index (χ1) is 12.0. The molecule has 1 aromatic heterocycles. The van der Waals surface area contributed by atoms with Crippen LogP contribution in [0.1, 0.15) is 41.2 Å².